The van der Waals surface area contributed by atoms with E-state index in [1.165, 1.54) is 23.3 Å². The summed E-state index contributed by atoms with van der Waals surface area (Å²) >= 11 is 0. The number of carbonyl (C=O) groups is 2. The minimum absolute atomic E-state index is 0.0292. The van der Waals surface area contributed by atoms with Gasteiger partial charge in [-0.15, -0.1) is 0 Å². The number of carboxylic acids is 1. The number of aryl methyl sites for hydroxylation is 1. The summed E-state index contributed by atoms with van der Waals surface area (Å²) in [5.41, 5.74) is 2.64. The number of carboxylic acid groups (broad SMARTS) is 1. The first kappa shape index (κ1) is 14.4. The molecule has 1 aromatic heterocycles. The number of hydrogen-bond acceptors (Lipinski definition) is 3. The molecule has 0 bridgehead atoms. The van der Waals surface area contributed by atoms with Gasteiger partial charge in [0, 0.05) is 12.5 Å². The molecule has 114 valence electrons. The quantitative estimate of drug-likeness (QED) is 0.909. The number of amides is 1. The monoisotopic (exact) mass is 299 g/mol. The molecule has 1 aromatic carbocycles. The van der Waals surface area contributed by atoms with Crippen molar-refractivity contribution >= 4 is 11.9 Å². The molecule has 5 nitrogen and oxygen atoms in total. The van der Waals surface area contributed by atoms with E-state index in [0.717, 1.165) is 19.3 Å². The molecular weight excluding hydrogens is 282 g/mol. The number of benzene rings is 1. The van der Waals surface area contributed by atoms with Crippen molar-refractivity contribution in [2.45, 2.75) is 25.2 Å². The first-order valence-electron chi connectivity index (χ1n) is 7.34. The predicted molar refractivity (Wildman–Crippen MR) is 80.1 cm³/mol. The van der Waals surface area contributed by atoms with Gasteiger partial charge < -0.3 is 14.8 Å². The van der Waals surface area contributed by atoms with E-state index in [2.05, 4.69) is 17.4 Å². The zero-order chi connectivity index (χ0) is 15.5. The second-order valence-electron chi connectivity index (χ2n) is 5.47. The van der Waals surface area contributed by atoms with E-state index in [9.17, 15) is 9.59 Å². The van der Waals surface area contributed by atoms with Crippen molar-refractivity contribution < 1.29 is 19.1 Å². The summed E-state index contributed by atoms with van der Waals surface area (Å²) in [4.78, 5) is 22.8. The van der Waals surface area contributed by atoms with Gasteiger partial charge in [0.25, 0.3) is 5.91 Å². The minimum Gasteiger partial charge on any atom is -0.475 e. The Morgan fingerprint density at radius 3 is 2.73 bits per heavy atom. The lowest BCUT2D eigenvalue weighted by molar-refractivity contribution is 0.0659. The summed E-state index contributed by atoms with van der Waals surface area (Å²) in [7, 11) is 0. The van der Waals surface area contributed by atoms with Gasteiger partial charge in [-0.1, -0.05) is 24.3 Å². The zero-order valence-corrected chi connectivity index (χ0v) is 12.0. The van der Waals surface area contributed by atoms with Crippen molar-refractivity contribution in [3.8, 4) is 0 Å². The van der Waals surface area contributed by atoms with E-state index < -0.39 is 5.97 Å². The summed E-state index contributed by atoms with van der Waals surface area (Å²) in [5.74, 6) is -1.46. The molecule has 0 aliphatic heterocycles. The van der Waals surface area contributed by atoms with Crippen LogP contribution in [0.3, 0.4) is 0 Å². The first-order valence-corrected chi connectivity index (χ1v) is 7.34. The van der Waals surface area contributed by atoms with Crippen molar-refractivity contribution in [1.29, 1.82) is 0 Å². The van der Waals surface area contributed by atoms with Crippen LogP contribution in [0, 0.1) is 0 Å². The number of rotatable bonds is 4. The average molecular weight is 299 g/mol. The molecule has 0 radical (unpaired) electrons. The van der Waals surface area contributed by atoms with E-state index in [4.69, 9.17) is 9.52 Å². The lowest BCUT2D eigenvalue weighted by atomic mass is 9.83. The second kappa shape index (κ2) is 6.05. The lowest BCUT2D eigenvalue weighted by Crippen LogP contribution is -2.29. The van der Waals surface area contributed by atoms with E-state index in [1.54, 1.807) is 0 Å². The number of nitrogens with one attached hydrogen (secondary N) is 1. The molecule has 0 spiro atoms. The van der Waals surface area contributed by atoms with Gasteiger partial charge in [0.2, 0.25) is 5.76 Å². The summed E-state index contributed by atoms with van der Waals surface area (Å²) in [6.07, 6.45) is 3.23. The lowest BCUT2D eigenvalue weighted by Gasteiger charge is -2.25. The Morgan fingerprint density at radius 2 is 1.95 bits per heavy atom. The first-order chi connectivity index (χ1) is 10.6. The molecule has 1 atom stereocenters. The topological polar surface area (TPSA) is 79.5 Å². The van der Waals surface area contributed by atoms with Gasteiger partial charge >= 0.3 is 5.97 Å². The molecule has 5 heteroatoms. The van der Waals surface area contributed by atoms with Gasteiger partial charge in [-0.25, -0.2) is 4.79 Å². The van der Waals surface area contributed by atoms with Crippen LogP contribution >= 0.6 is 0 Å². The number of furan rings is 1. The highest BCUT2D eigenvalue weighted by atomic mass is 16.4. The smallest absolute Gasteiger partial charge is 0.371 e. The van der Waals surface area contributed by atoms with Crippen LogP contribution in [0.4, 0.5) is 0 Å². The normalized spacial score (nSPS) is 16.8. The van der Waals surface area contributed by atoms with Gasteiger partial charge in [0.05, 0.1) is 0 Å². The Kier molecular flexibility index (Phi) is 3.96. The van der Waals surface area contributed by atoms with Crippen molar-refractivity contribution in [3.05, 3.63) is 59.0 Å². The van der Waals surface area contributed by atoms with Crippen LogP contribution in [0.25, 0.3) is 0 Å². The van der Waals surface area contributed by atoms with Crippen LogP contribution in [-0.2, 0) is 6.42 Å². The van der Waals surface area contributed by atoms with E-state index in [-0.39, 0.29) is 17.4 Å². The van der Waals surface area contributed by atoms with E-state index >= 15 is 0 Å². The molecule has 1 unspecified atom stereocenters. The molecule has 0 saturated carbocycles. The molecule has 3 rings (SSSR count). The predicted octanol–water partition coefficient (Wildman–Crippen LogP) is 2.83. The second-order valence-corrected chi connectivity index (χ2v) is 5.47. The Morgan fingerprint density at radius 1 is 1.18 bits per heavy atom. The van der Waals surface area contributed by atoms with Crippen LogP contribution in [-0.4, -0.2) is 23.5 Å². The van der Waals surface area contributed by atoms with Gasteiger partial charge in [0.15, 0.2) is 5.76 Å². The molecule has 0 saturated heterocycles. The maximum absolute atomic E-state index is 12.0. The molecular formula is C17H17NO4. The molecule has 1 heterocycles. The third-order valence-electron chi connectivity index (χ3n) is 4.04. The van der Waals surface area contributed by atoms with Gasteiger partial charge in [-0.3, -0.25) is 4.79 Å². The van der Waals surface area contributed by atoms with Gasteiger partial charge in [-0.2, -0.15) is 0 Å². The van der Waals surface area contributed by atoms with E-state index in [0.29, 0.717) is 12.5 Å². The van der Waals surface area contributed by atoms with Crippen LogP contribution in [0.1, 0.15) is 51.0 Å². The Bertz CT molecular complexity index is 704. The van der Waals surface area contributed by atoms with Crippen molar-refractivity contribution in [2.75, 3.05) is 6.54 Å². The van der Waals surface area contributed by atoms with Gasteiger partial charge in [0.1, 0.15) is 0 Å². The number of aromatic carboxylic acids is 1. The maximum Gasteiger partial charge on any atom is 0.371 e. The third kappa shape index (κ3) is 2.88. The van der Waals surface area contributed by atoms with Gasteiger partial charge in [-0.05, 0) is 42.5 Å². The fraction of sp³-hybridized carbons (Fsp3) is 0.294. The summed E-state index contributed by atoms with van der Waals surface area (Å²) in [6.45, 7) is 0.527. The molecule has 0 fully saturated rings. The standard InChI is InChI=1S/C17H17NO4/c19-16(14-8-9-15(22-14)17(20)21)18-10-12-6-3-5-11-4-1-2-7-13(11)12/h1-2,4,7-9,12H,3,5-6,10H2,(H,18,19)(H,20,21). The fourth-order valence-electron chi connectivity index (χ4n) is 2.94. The van der Waals surface area contributed by atoms with Crippen molar-refractivity contribution in [1.82, 2.24) is 5.32 Å². The number of fused-ring (bicyclic) bond motifs is 1. The van der Waals surface area contributed by atoms with Crippen LogP contribution < -0.4 is 5.32 Å². The summed E-state index contributed by atoms with van der Waals surface area (Å²) < 4.78 is 5.00. The maximum atomic E-state index is 12.0. The Hall–Kier alpha value is -2.56. The molecule has 22 heavy (non-hydrogen) atoms. The van der Waals surface area contributed by atoms with Crippen LogP contribution in [0.5, 0.6) is 0 Å². The SMILES string of the molecule is O=C(O)c1ccc(C(=O)NCC2CCCc3ccccc32)o1. The molecule has 1 amide bonds. The summed E-state index contributed by atoms with van der Waals surface area (Å²) in [5, 5.41) is 11.6. The molecule has 1 aliphatic carbocycles. The Labute approximate surface area is 127 Å². The number of hydrogen-bond donors (Lipinski definition) is 2. The highest BCUT2D eigenvalue weighted by molar-refractivity contribution is 5.93. The molecule has 2 aromatic rings. The largest absolute Gasteiger partial charge is 0.475 e. The van der Waals surface area contributed by atoms with E-state index in [1.807, 2.05) is 12.1 Å². The minimum atomic E-state index is -1.18. The Balaban J connectivity index is 1.65. The summed E-state index contributed by atoms with van der Waals surface area (Å²) in [6, 6.07) is 11.0. The fourth-order valence-corrected chi connectivity index (χ4v) is 2.94. The zero-order valence-electron chi connectivity index (χ0n) is 12.0. The van der Waals surface area contributed by atoms with Crippen LogP contribution in [0.2, 0.25) is 0 Å². The van der Waals surface area contributed by atoms with Crippen molar-refractivity contribution in [2.24, 2.45) is 0 Å². The third-order valence-corrected chi connectivity index (χ3v) is 4.04. The molecule has 1 aliphatic rings. The van der Waals surface area contributed by atoms with Crippen molar-refractivity contribution in [3.63, 3.8) is 0 Å². The average Bonchev–Trinajstić information content (AvgIpc) is 3.03. The highest BCUT2D eigenvalue weighted by Gasteiger charge is 2.21. The number of carbonyl (C=O) groups excluding carboxylic acids is 1. The highest BCUT2D eigenvalue weighted by Crippen LogP contribution is 2.30. The van der Waals surface area contributed by atoms with Crippen LogP contribution in [0.15, 0.2) is 40.8 Å². The molecule has 2 N–H and O–H groups in total.